The highest BCUT2D eigenvalue weighted by molar-refractivity contribution is 9.10. The maximum Gasteiger partial charge on any atom is 0.169 e. The average Bonchev–Trinajstić information content (AvgIpc) is 2.75. The van der Waals surface area contributed by atoms with E-state index in [1.807, 2.05) is 31.2 Å². The lowest BCUT2D eigenvalue weighted by Crippen LogP contribution is -1.93. The van der Waals surface area contributed by atoms with Gasteiger partial charge in [-0.15, -0.1) is 0 Å². The van der Waals surface area contributed by atoms with E-state index in [1.165, 1.54) is 0 Å². The number of ether oxygens (including phenoxy) is 1. The molecule has 0 spiro atoms. The number of hydrogen-bond donors (Lipinski definition) is 0. The summed E-state index contributed by atoms with van der Waals surface area (Å²) in [4.78, 5) is 0.0541. The second kappa shape index (κ2) is 5.27. The van der Waals surface area contributed by atoms with Crippen LogP contribution in [0.2, 0.25) is 0 Å². The van der Waals surface area contributed by atoms with Crippen LogP contribution in [0.25, 0.3) is 0 Å². The Bertz CT molecular complexity index is 520. The Balaban J connectivity index is 2.31. The molecule has 0 saturated heterocycles. The topological polar surface area (TPSA) is 22.4 Å². The van der Waals surface area contributed by atoms with Gasteiger partial charge in [0.2, 0.25) is 0 Å². The summed E-state index contributed by atoms with van der Waals surface area (Å²) in [5.41, 5.74) is 2.25. The molecule has 17 heavy (non-hydrogen) atoms. The molecule has 90 valence electrons. The minimum absolute atomic E-state index is 0.0541. The zero-order chi connectivity index (χ0) is 12.4. The zero-order valence-electron chi connectivity index (χ0n) is 9.54. The van der Waals surface area contributed by atoms with Gasteiger partial charge < -0.3 is 9.15 Å². The van der Waals surface area contributed by atoms with Gasteiger partial charge in [-0.1, -0.05) is 28.1 Å². The molecule has 1 aromatic heterocycles. The van der Waals surface area contributed by atoms with Crippen LogP contribution >= 0.6 is 31.9 Å². The van der Waals surface area contributed by atoms with Gasteiger partial charge in [0.15, 0.2) is 4.67 Å². The monoisotopic (exact) mass is 358 g/mol. The van der Waals surface area contributed by atoms with Crippen LogP contribution in [0.15, 0.2) is 39.4 Å². The molecule has 2 aromatic rings. The molecule has 0 bridgehead atoms. The number of methoxy groups -OCH3 is 1. The zero-order valence-corrected chi connectivity index (χ0v) is 12.7. The van der Waals surface area contributed by atoms with Crippen molar-refractivity contribution in [3.05, 3.63) is 51.9 Å². The van der Waals surface area contributed by atoms with Crippen molar-refractivity contribution in [1.29, 1.82) is 0 Å². The summed E-state index contributed by atoms with van der Waals surface area (Å²) in [6, 6.07) is 9.93. The van der Waals surface area contributed by atoms with Crippen LogP contribution in [0.3, 0.4) is 0 Å². The summed E-state index contributed by atoms with van der Waals surface area (Å²) >= 11 is 6.94. The van der Waals surface area contributed by atoms with Crippen molar-refractivity contribution in [3.8, 4) is 5.75 Å². The lowest BCUT2D eigenvalue weighted by molar-refractivity contribution is 0.411. The Morgan fingerprint density at radius 2 is 2.00 bits per heavy atom. The van der Waals surface area contributed by atoms with Crippen LogP contribution < -0.4 is 4.74 Å². The Kier molecular flexibility index (Phi) is 3.94. The largest absolute Gasteiger partial charge is 0.496 e. The minimum Gasteiger partial charge on any atom is -0.496 e. The Morgan fingerprint density at radius 3 is 2.53 bits per heavy atom. The van der Waals surface area contributed by atoms with Crippen molar-refractivity contribution in [2.24, 2.45) is 0 Å². The van der Waals surface area contributed by atoms with Crippen LogP contribution in [-0.4, -0.2) is 7.11 Å². The highest BCUT2D eigenvalue weighted by Crippen LogP contribution is 2.34. The van der Waals surface area contributed by atoms with E-state index in [2.05, 4.69) is 37.9 Å². The van der Waals surface area contributed by atoms with Crippen LogP contribution in [0.1, 0.15) is 21.7 Å². The summed E-state index contributed by atoms with van der Waals surface area (Å²) < 4.78 is 11.5. The van der Waals surface area contributed by atoms with Crippen LogP contribution in [0, 0.1) is 6.92 Å². The summed E-state index contributed by atoms with van der Waals surface area (Å²) in [6.45, 7) is 2.03. The summed E-state index contributed by atoms with van der Waals surface area (Å²) in [7, 11) is 1.68. The van der Waals surface area contributed by atoms with Gasteiger partial charge in [-0.05, 0) is 52.2 Å². The molecule has 4 heteroatoms. The number of aryl methyl sites for hydroxylation is 1. The van der Waals surface area contributed by atoms with E-state index in [-0.39, 0.29) is 4.83 Å². The van der Waals surface area contributed by atoms with Gasteiger partial charge in [0, 0.05) is 0 Å². The number of furan rings is 1. The maximum absolute atomic E-state index is 5.53. The molecule has 1 atom stereocenters. The van der Waals surface area contributed by atoms with E-state index < -0.39 is 0 Å². The molecular formula is C13H12Br2O2. The second-order valence-electron chi connectivity index (χ2n) is 3.73. The first-order chi connectivity index (χ1) is 8.11. The number of rotatable bonds is 3. The highest BCUT2D eigenvalue weighted by atomic mass is 79.9. The average molecular weight is 360 g/mol. The van der Waals surface area contributed by atoms with Crippen LogP contribution in [-0.2, 0) is 0 Å². The fourth-order valence-electron chi connectivity index (χ4n) is 1.69. The fourth-order valence-corrected chi connectivity index (χ4v) is 2.54. The third kappa shape index (κ3) is 2.75. The fraction of sp³-hybridized carbons (Fsp3) is 0.231. The van der Waals surface area contributed by atoms with Gasteiger partial charge in [-0.3, -0.25) is 0 Å². The van der Waals surface area contributed by atoms with Crippen molar-refractivity contribution in [2.45, 2.75) is 11.8 Å². The highest BCUT2D eigenvalue weighted by Gasteiger charge is 2.15. The molecule has 0 amide bonds. The van der Waals surface area contributed by atoms with E-state index in [4.69, 9.17) is 9.15 Å². The molecule has 0 aliphatic carbocycles. The Hall–Kier alpha value is -0.740. The predicted molar refractivity (Wildman–Crippen MR) is 74.9 cm³/mol. The molecule has 0 fully saturated rings. The van der Waals surface area contributed by atoms with E-state index in [0.29, 0.717) is 0 Å². The lowest BCUT2D eigenvalue weighted by Gasteiger charge is -2.10. The number of alkyl halides is 1. The van der Waals surface area contributed by atoms with Crippen molar-refractivity contribution in [3.63, 3.8) is 0 Å². The molecule has 0 aliphatic rings. The maximum atomic E-state index is 5.53. The second-order valence-corrected chi connectivity index (χ2v) is 5.43. The Morgan fingerprint density at radius 1 is 1.24 bits per heavy atom. The quantitative estimate of drug-likeness (QED) is 0.731. The predicted octanol–water partition coefficient (Wildman–Crippen LogP) is 4.84. The van der Waals surface area contributed by atoms with Crippen molar-refractivity contribution >= 4 is 31.9 Å². The van der Waals surface area contributed by atoms with Gasteiger partial charge in [0.25, 0.3) is 0 Å². The number of benzene rings is 1. The molecule has 0 aliphatic heterocycles. The van der Waals surface area contributed by atoms with E-state index in [0.717, 1.165) is 27.3 Å². The van der Waals surface area contributed by atoms with E-state index in [1.54, 1.807) is 7.11 Å². The van der Waals surface area contributed by atoms with Crippen LogP contribution in [0.5, 0.6) is 5.75 Å². The molecule has 0 N–H and O–H groups in total. The SMILES string of the molecule is COc1ccc(C(Br)c2ccc(Br)o2)cc1C. The molecule has 0 radical (unpaired) electrons. The normalized spacial score (nSPS) is 12.5. The summed E-state index contributed by atoms with van der Waals surface area (Å²) in [5.74, 6) is 1.77. The number of hydrogen-bond acceptors (Lipinski definition) is 2. The lowest BCUT2D eigenvalue weighted by atomic mass is 10.1. The number of halogens is 2. The first-order valence-electron chi connectivity index (χ1n) is 5.15. The summed E-state index contributed by atoms with van der Waals surface area (Å²) in [5, 5.41) is 0. The molecule has 2 nitrogen and oxygen atoms in total. The van der Waals surface area contributed by atoms with Gasteiger partial charge in [-0.25, -0.2) is 0 Å². The first kappa shape index (κ1) is 12.7. The molecule has 1 unspecified atom stereocenters. The standard InChI is InChI=1S/C13H12Br2O2/c1-8-7-9(3-4-10(8)16-2)13(15)11-5-6-12(14)17-11/h3-7,13H,1-2H3. The van der Waals surface area contributed by atoms with E-state index >= 15 is 0 Å². The third-order valence-electron chi connectivity index (χ3n) is 2.56. The molecule has 1 aromatic carbocycles. The Labute approximate surface area is 117 Å². The molecule has 1 heterocycles. The van der Waals surface area contributed by atoms with Crippen molar-refractivity contribution < 1.29 is 9.15 Å². The summed E-state index contributed by atoms with van der Waals surface area (Å²) in [6.07, 6.45) is 0. The van der Waals surface area contributed by atoms with Gasteiger partial charge in [0.1, 0.15) is 11.5 Å². The first-order valence-corrected chi connectivity index (χ1v) is 6.86. The molecule has 0 saturated carbocycles. The van der Waals surface area contributed by atoms with E-state index in [9.17, 15) is 0 Å². The minimum atomic E-state index is 0.0541. The molecular weight excluding hydrogens is 348 g/mol. The van der Waals surface area contributed by atoms with Crippen molar-refractivity contribution in [2.75, 3.05) is 7.11 Å². The smallest absolute Gasteiger partial charge is 0.169 e. The van der Waals surface area contributed by atoms with Gasteiger partial charge >= 0.3 is 0 Å². The van der Waals surface area contributed by atoms with Crippen molar-refractivity contribution in [1.82, 2.24) is 0 Å². The third-order valence-corrected chi connectivity index (χ3v) is 3.96. The van der Waals surface area contributed by atoms with Gasteiger partial charge in [-0.2, -0.15) is 0 Å². The van der Waals surface area contributed by atoms with Gasteiger partial charge in [0.05, 0.1) is 11.9 Å². The van der Waals surface area contributed by atoms with Crippen LogP contribution in [0.4, 0.5) is 0 Å². The molecule has 2 rings (SSSR count).